The van der Waals surface area contributed by atoms with E-state index in [-0.39, 0.29) is 24.0 Å². The van der Waals surface area contributed by atoms with Crippen LogP contribution >= 0.6 is 0 Å². The highest BCUT2D eigenvalue weighted by molar-refractivity contribution is 5.92. The van der Waals surface area contributed by atoms with Crippen LogP contribution in [0, 0.1) is 18.7 Å². The summed E-state index contributed by atoms with van der Waals surface area (Å²) in [6.45, 7) is 9.39. The zero-order valence-corrected chi connectivity index (χ0v) is 24.1. The monoisotopic (exact) mass is 562 g/mol. The summed E-state index contributed by atoms with van der Waals surface area (Å²) in [5, 5.41) is 13.6. The number of amides is 1. The lowest BCUT2D eigenvalue weighted by Gasteiger charge is -2.30. The molecule has 0 spiro atoms. The summed E-state index contributed by atoms with van der Waals surface area (Å²) in [6, 6.07) is 6.28. The number of aryl methyl sites for hydroxylation is 1. The number of alkyl halides is 2. The number of aliphatic hydroxyl groups is 1. The lowest BCUT2D eigenvalue weighted by atomic mass is 9.91. The molecule has 8 nitrogen and oxygen atoms in total. The molecule has 0 bridgehead atoms. The van der Waals surface area contributed by atoms with E-state index in [2.05, 4.69) is 15.3 Å². The van der Waals surface area contributed by atoms with Crippen molar-refractivity contribution >= 4 is 22.6 Å². The van der Waals surface area contributed by atoms with Crippen LogP contribution in [0.4, 0.5) is 19.0 Å². The molecule has 1 aromatic heterocycles. The Bertz CT molecular complexity index is 1380. The number of carbonyl (C=O) groups is 1. The molecule has 1 heterocycles. The highest BCUT2D eigenvalue weighted by atomic mass is 19.3. The van der Waals surface area contributed by atoms with E-state index in [0.29, 0.717) is 40.6 Å². The van der Waals surface area contributed by atoms with Crippen LogP contribution in [0.1, 0.15) is 57.6 Å². The van der Waals surface area contributed by atoms with Gasteiger partial charge >= 0.3 is 5.92 Å². The number of aromatic nitrogens is 2. The Morgan fingerprint density at radius 3 is 2.42 bits per heavy atom. The molecule has 0 aliphatic carbocycles. The predicted molar refractivity (Wildman–Crippen MR) is 147 cm³/mol. The van der Waals surface area contributed by atoms with Crippen LogP contribution in [-0.4, -0.2) is 58.8 Å². The van der Waals surface area contributed by atoms with E-state index >= 15 is 4.39 Å². The molecule has 0 radical (unpaired) electrons. The van der Waals surface area contributed by atoms with Crippen molar-refractivity contribution in [3.8, 4) is 11.5 Å². The van der Waals surface area contributed by atoms with Gasteiger partial charge in [-0.2, -0.15) is 8.78 Å². The molecule has 40 heavy (non-hydrogen) atoms. The van der Waals surface area contributed by atoms with E-state index in [1.807, 2.05) is 13.8 Å². The number of anilines is 1. The molecule has 0 fully saturated rings. The molecule has 0 saturated carbocycles. The van der Waals surface area contributed by atoms with Crippen molar-refractivity contribution in [2.75, 3.05) is 32.6 Å². The molecule has 0 saturated heterocycles. The van der Waals surface area contributed by atoms with Crippen LogP contribution in [0.5, 0.6) is 11.5 Å². The largest absolute Gasteiger partial charge is 0.493 e. The summed E-state index contributed by atoms with van der Waals surface area (Å²) in [4.78, 5) is 22.7. The maximum atomic E-state index is 15.4. The second kappa shape index (κ2) is 11.9. The number of ether oxygens (including phenoxy) is 2. The number of halogens is 3. The fourth-order valence-corrected chi connectivity index (χ4v) is 4.22. The quantitative estimate of drug-likeness (QED) is 0.313. The van der Waals surface area contributed by atoms with Crippen LogP contribution in [0.3, 0.4) is 0 Å². The van der Waals surface area contributed by atoms with Gasteiger partial charge in [0.2, 0.25) is 5.91 Å². The number of rotatable bonds is 11. The first-order valence-electron chi connectivity index (χ1n) is 13.0. The summed E-state index contributed by atoms with van der Waals surface area (Å²) in [7, 11) is 3.20. The lowest BCUT2D eigenvalue weighted by Crippen LogP contribution is -2.41. The molecular formula is C29H37F3N4O4. The fraction of sp³-hybridized carbons (Fsp3) is 0.483. The number of nitrogens with zero attached hydrogens (tertiary/aromatic N) is 3. The van der Waals surface area contributed by atoms with Crippen LogP contribution in [0.25, 0.3) is 10.9 Å². The third kappa shape index (κ3) is 6.41. The van der Waals surface area contributed by atoms with Gasteiger partial charge in [-0.15, -0.1) is 0 Å². The number of carbonyl (C=O) groups excluding carboxylic acids is 1. The number of likely N-dealkylation sites (N-methyl/N-ethyl adjacent to an activating group) is 1. The molecule has 3 aromatic rings. The van der Waals surface area contributed by atoms with E-state index in [1.165, 1.54) is 19.2 Å². The lowest BCUT2D eigenvalue weighted by molar-refractivity contribution is -0.170. The van der Waals surface area contributed by atoms with Gasteiger partial charge in [-0.1, -0.05) is 26.0 Å². The number of benzene rings is 2. The van der Waals surface area contributed by atoms with Gasteiger partial charge in [0, 0.05) is 30.0 Å². The topological polar surface area (TPSA) is 96.8 Å². The Labute approximate surface area is 232 Å². The third-order valence-electron chi connectivity index (χ3n) is 6.60. The van der Waals surface area contributed by atoms with Crippen molar-refractivity contribution in [2.24, 2.45) is 5.92 Å². The van der Waals surface area contributed by atoms with E-state index in [4.69, 9.17) is 9.47 Å². The average Bonchev–Trinajstić information content (AvgIpc) is 2.87. The van der Waals surface area contributed by atoms with Crippen molar-refractivity contribution in [3.05, 3.63) is 53.1 Å². The molecule has 0 aliphatic heterocycles. The minimum Gasteiger partial charge on any atom is -0.493 e. The first-order valence-corrected chi connectivity index (χ1v) is 13.0. The number of nitrogens with one attached hydrogen (secondary N) is 1. The minimum absolute atomic E-state index is 0.00459. The zero-order chi connectivity index (χ0) is 30.0. The number of hydrogen-bond donors (Lipinski definition) is 2. The standard InChI is InChI=1S/C29H37F3N4O4/c1-16(2)27(37)36(7)12-13-40-24-14-20-22(15-23(24)39-8)34-18(4)35-26(20)33-17(3)19-10-9-11-21(25(19)30)29(31,32)28(5,6)38/h9-11,14-17,38H,12-13H2,1-8H3,(H,33,34,35)/t17-/m1/s1. The van der Waals surface area contributed by atoms with Crippen molar-refractivity contribution in [1.29, 1.82) is 0 Å². The molecule has 2 N–H and O–H groups in total. The smallest absolute Gasteiger partial charge is 0.303 e. The van der Waals surface area contributed by atoms with E-state index in [0.717, 1.165) is 19.9 Å². The van der Waals surface area contributed by atoms with Gasteiger partial charge in [0.25, 0.3) is 0 Å². The summed E-state index contributed by atoms with van der Waals surface area (Å²) in [5.74, 6) is -3.49. The van der Waals surface area contributed by atoms with E-state index < -0.39 is 28.9 Å². The molecule has 11 heteroatoms. The molecule has 3 rings (SSSR count). The molecular weight excluding hydrogens is 525 g/mol. The van der Waals surface area contributed by atoms with Gasteiger partial charge in [-0.3, -0.25) is 4.79 Å². The molecule has 2 aromatic carbocycles. The molecule has 218 valence electrons. The maximum Gasteiger partial charge on any atom is 0.303 e. The Morgan fingerprint density at radius 1 is 1.15 bits per heavy atom. The molecule has 0 unspecified atom stereocenters. The Morgan fingerprint density at radius 2 is 1.82 bits per heavy atom. The summed E-state index contributed by atoms with van der Waals surface area (Å²) < 4.78 is 56.5. The highest BCUT2D eigenvalue weighted by Gasteiger charge is 2.49. The average molecular weight is 563 g/mol. The van der Waals surface area contributed by atoms with Gasteiger partial charge in [0.1, 0.15) is 29.7 Å². The predicted octanol–water partition coefficient (Wildman–Crippen LogP) is 5.61. The van der Waals surface area contributed by atoms with Gasteiger partial charge in [-0.05, 0) is 39.8 Å². The van der Waals surface area contributed by atoms with Crippen molar-refractivity contribution in [3.63, 3.8) is 0 Å². The molecule has 1 amide bonds. The second-order valence-electron chi connectivity index (χ2n) is 10.6. The van der Waals surface area contributed by atoms with Crippen molar-refractivity contribution < 1.29 is 32.5 Å². The number of hydrogen-bond acceptors (Lipinski definition) is 7. The normalized spacial score (nSPS) is 12.9. The highest BCUT2D eigenvalue weighted by Crippen LogP contribution is 2.41. The van der Waals surface area contributed by atoms with Crippen LogP contribution in [-0.2, 0) is 10.7 Å². The first kappa shape index (κ1) is 30.9. The first-order chi connectivity index (χ1) is 18.6. The van der Waals surface area contributed by atoms with E-state index in [1.54, 1.807) is 37.9 Å². The van der Waals surface area contributed by atoms with Gasteiger partial charge in [-0.25, -0.2) is 14.4 Å². The minimum atomic E-state index is -3.82. The van der Waals surface area contributed by atoms with Crippen LogP contribution in [0.15, 0.2) is 30.3 Å². The second-order valence-corrected chi connectivity index (χ2v) is 10.6. The SMILES string of the molecule is COc1cc2nc(C)nc(N[C@H](C)c3cccc(C(F)(F)C(C)(C)O)c3F)c2cc1OCCN(C)C(=O)C(C)C. The van der Waals surface area contributed by atoms with Crippen LogP contribution in [0.2, 0.25) is 0 Å². The van der Waals surface area contributed by atoms with Crippen molar-refractivity contribution in [2.45, 2.75) is 59.1 Å². The number of methoxy groups -OCH3 is 1. The van der Waals surface area contributed by atoms with E-state index in [9.17, 15) is 18.7 Å². The van der Waals surface area contributed by atoms with Gasteiger partial charge in [0.05, 0.1) is 30.8 Å². The van der Waals surface area contributed by atoms with Crippen molar-refractivity contribution in [1.82, 2.24) is 14.9 Å². The zero-order valence-electron chi connectivity index (χ0n) is 24.1. The third-order valence-corrected chi connectivity index (χ3v) is 6.60. The Kier molecular flexibility index (Phi) is 9.18. The maximum absolute atomic E-state index is 15.4. The van der Waals surface area contributed by atoms with Gasteiger partial charge in [0.15, 0.2) is 11.5 Å². The molecule has 0 aliphatic rings. The summed E-state index contributed by atoms with van der Waals surface area (Å²) in [5.41, 5.74) is -2.85. The Hall–Kier alpha value is -3.60. The number of fused-ring (bicyclic) bond motifs is 1. The van der Waals surface area contributed by atoms with Gasteiger partial charge < -0.3 is 24.8 Å². The van der Waals surface area contributed by atoms with Crippen LogP contribution < -0.4 is 14.8 Å². The Balaban J connectivity index is 1.95. The summed E-state index contributed by atoms with van der Waals surface area (Å²) >= 11 is 0. The molecule has 1 atom stereocenters. The fourth-order valence-electron chi connectivity index (χ4n) is 4.22. The summed E-state index contributed by atoms with van der Waals surface area (Å²) in [6.07, 6.45) is 0.